The van der Waals surface area contributed by atoms with Crippen molar-refractivity contribution in [1.29, 1.82) is 0 Å². The quantitative estimate of drug-likeness (QED) is 0.708. The highest BCUT2D eigenvalue weighted by atomic mass is 35.5. The van der Waals surface area contributed by atoms with Crippen molar-refractivity contribution in [2.45, 2.75) is 17.9 Å². The molecule has 3 N–H and O–H groups in total. The number of thiophene rings is 1. The number of halogens is 1. The maximum absolute atomic E-state index is 12.6. The molecule has 29 heavy (non-hydrogen) atoms. The zero-order valence-electron chi connectivity index (χ0n) is 16.3. The summed E-state index contributed by atoms with van der Waals surface area (Å²) in [5.74, 6) is -0.993. The van der Waals surface area contributed by atoms with Crippen molar-refractivity contribution in [1.82, 2.24) is 9.21 Å². The third-order valence-corrected chi connectivity index (χ3v) is 7.58. The number of amides is 2. The van der Waals surface area contributed by atoms with E-state index in [0.717, 1.165) is 21.3 Å². The molecule has 158 valence electrons. The molecular weight excluding hydrogens is 436 g/mol. The Morgan fingerprint density at radius 2 is 1.83 bits per heavy atom. The van der Waals surface area contributed by atoms with Crippen molar-refractivity contribution in [3.8, 4) is 0 Å². The van der Waals surface area contributed by atoms with Crippen LogP contribution in [0.2, 0.25) is 0 Å². The number of carbonyl (C=O) groups is 2. The van der Waals surface area contributed by atoms with Gasteiger partial charge in [-0.3, -0.25) is 9.59 Å². The molecule has 0 unspecified atom stereocenters. The van der Waals surface area contributed by atoms with Gasteiger partial charge in [0.1, 0.15) is 5.00 Å². The van der Waals surface area contributed by atoms with Crippen molar-refractivity contribution in [3.05, 3.63) is 45.8 Å². The topological polar surface area (TPSA) is 113 Å². The molecule has 0 atom stereocenters. The van der Waals surface area contributed by atoms with E-state index < -0.39 is 21.8 Å². The first-order valence-electron chi connectivity index (χ1n) is 8.58. The number of nitrogens with zero attached hydrogens (tertiary/aromatic N) is 2. The van der Waals surface area contributed by atoms with Gasteiger partial charge in [0, 0.05) is 37.6 Å². The average molecular weight is 459 g/mol. The Balaban J connectivity index is 0.00000300. The lowest BCUT2D eigenvalue weighted by molar-refractivity contribution is 0.1000. The van der Waals surface area contributed by atoms with Crippen molar-refractivity contribution >= 4 is 50.6 Å². The maximum Gasteiger partial charge on any atom is 0.256 e. The molecule has 8 nitrogen and oxygen atoms in total. The second kappa shape index (κ2) is 8.80. The van der Waals surface area contributed by atoms with Crippen LogP contribution in [-0.4, -0.2) is 57.1 Å². The van der Waals surface area contributed by atoms with Crippen molar-refractivity contribution < 1.29 is 18.0 Å². The van der Waals surface area contributed by atoms with E-state index in [1.807, 2.05) is 7.05 Å². The van der Waals surface area contributed by atoms with Gasteiger partial charge in [-0.1, -0.05) is 0 Å². The minimum atomic E-state index is -3.57. The molecule has 2 heterocycles. The maximum atomic E-state index is 12.6. The minimum Gasteiger partial charge on any atom is -0.365 e. The van der Waals surface area contributed by atoms with Gasteiger partial charge in [0.2, 0.25) is 10.0 Å². The van der Waals surface area contributed by atoms with Crippen LogP contribution in [0.3, 0.4) is 0 Å². The summed E-state index contributed by atoms with van der Waals surface area (Å²) in [5.41, 5.74) is 7.12. The fourth-order valence-electron chi connectivity index (χ4n) is 3.04. The standard InChI is InChI=1S/C18H22N4O4S2.ClH/c1-21(2)28(25,26)12-6-4-11(5-7-12)17(24)20-18-15(16(19)23)13-8-9-22(3)10-14(13)27-18;/h4-7H,8-10H2,1-3H3,(H2,19,23)(H,20,24);1H. The van der Waals surface area contributed by atoms with Crippen LogP contribution in [0.15, 0.2) is 29.2 Å². The predicted molar refractivity (Wildman–Crippen MR) is 115 cm³/mol. The lowest BCUT2D eigenvalue weighted by Gasteiger charge is -2.22. The highest BCUT2D eigenvalue weighted by Crippen LogP contribution is 2.36. The first-order chi connectivity index (χ1) is 13.1. The van der Waals surface area contributed by atoms with E-state index in [2.05, 4.69) is 10.2 Å². The largest absolute Gasteiger partial charge is 0.365 e. The van der Waals surface area contributed by atoms with Gasteiger partial charge in [-0.05, 0) is 43.3 Å². The van der Waals surface area contributed by atoms with E-state index in [1.165, 1.54) is 49.7 Å². The first-order valence-corrected chi connectivity index (χ1v) is 10.8. The van der Waals surface area contributed by atoms with E-state index in [0.29, 0.717) is 23.5 Å². The van der Waals surface area contributed by atoms with E-state index in [-0.39, 0.29) is 22.9 Å². The number of hydrogen-bond acceptors (Lipinski definition) is 6. The number of sulfonamides is 1. The summed E-state index contributed by atoms with van der Waals surface area (Å²) in [7, 11) is 1.31. The highest BCUT2D eigenvalue weighted by molar-refractivity contribution is 7.89. The van der Waals surface area contributed by atoms with E-state index in [9.17, 15) is 18.0 Å². The zero-order valence-corrected chi connectivity index (χ0v) is 18.7. The van der Waals surface area contributed by atoms with Gasteiger partial charge < -0.3 is 16.0 Å². The Bertz CT molecular complexity index is 1030. The van der Waals surface area contributed by atoms with E-state index in [1.54, 1.807) is 0 Å². The molecule has 3 rings (SSSR count). The molecule has 1 aromatic carbocycles. The number of fused-ring (bicyclic) bond motifs is 1. The minimum absolute atomic E-state index is 0. The Morgan fingerprint density at radius 3 is 2.38 bits per heavy atom. The molecule has 11 heteroatoms. The molecule has 0 fully saturated rings. The fraction of sp³-hybridized carbons (Fsp3) is 0.333. The number of hydrogen-bond donors (Lipinski definition) is 2. The smallest absolute Gasteiger partial charge is 0.256 e. The normalized spacial score (nSPS) is 14.2. The van der Waals surface area contributed by atoms with Gasteiger partial charge in [-0.25, -0.2) is 12.7 Å². The molecule has 0 spiro atoms. The summed E-state index contributed by atoms with van der Waals surface area (Å²) in [6.45, 7) is 1.52. The monoisotopic (exact) mass is 458 g/mol. The number of carbonyl (C=O) groups excluding carboxylic acids is 2. The van der Waals surface area contributed by atoms with Crippen LogP contribution in [0, 0.1) is 0 Å². The van der Waals surface area contributed by atoms with Crippen LogP contribution >= 0.6 is 23.7 Å². The van der Waals surface area contributed by atoms with Crippen LogP contribution in [0.1, 0.15) is 31.2 Å². The third-order valence-electron chi connectivity index (χ3n) is 4.62. The number of nitrogens with two attached hydrogens (primary N) is 1. The molecule has 1 aliphatic rings. The first kappa shape index (κ1) is 23.3. The number of nitrogens with one attached hydrogen (secondary N) is 1. The Hall–Kier alpha value is -1.98. The number of benzene rings is 1. The van der Waals surface area contributed by atoms with Crippen LogP contribution in [-0.2, 0) is 23.0 Å². The summed E-state index contributed by atoms with van der Waals surface area (Å²) >= 11 is 1.35. The van der Waals surface area contributed by atoms with Crippen molar-refractivity contribution in [3.63, 3.8) is 0 Å². The lowest BCUT2D eigenvalue weighted by Crippen LogP contribution is -2.27. The van der Waals surface area contributed by atoms with Crippen molar-refractivity contribution in [2.24, 2.45) is 5.73 Å². The number of rotatable bonds is 5. The summed E-state index contributed by atoms with van der Waals surface area (Å²) in [6.07, 6.45) is 0.702. The van der Waals surface area contributed by atoms with Gasteiger partial charge in [0.15, 0.2) is 0 Å². The van der Waals surface area contributed by atoms with Gasteiger partial charge in [0.25, 0.3) is 11.8 Å². The van der Waals surface area contributed by atoms with Gasteiger partial charge in [0.05, 0.1) is 10.5 Å². The van der Waals surface area contributed by atoms with Gasteiger partial charge in [-0.15, -0.1) is 23.7 Å². The van der Waals surface area contributed by atoms with Crippen LogP contribution in [0.4, 0.5) is 5.00 Å². The molecule has 0 radical (unpaired) electrons. The summed E-state index contributed by atoms with van der Waals surface area (Å²) in [6, 6.07) is 5.65. The molecule has 0 aliphatic carbocycles. The second-order valence-corrected chi connectivity index (χ2v) is 10.1. The molecular formula is C18H23ClN4O4S2. The highest BCUT2D eigenvalue weighted by Gasteiger charge is 2.27. The number of primary amides is 1. The summed E-state index contributed by atoms with van der Waals surface area (Å²) < 4.78 is 25.4. The molecule has 2 aromatic rings. The van der Waals surface area contributed by atoms with Crippen molar-refractivity contribution in [2.75, 3.05) is 33.0 Å². The Kier molecular flexibility index (Phi) is 7.07. The predicted octanol–water partition coefficient (Wildman–Crippen LogP) is 1.76. The fourth-order valence-corrected chi connectivity index (χ4v) is 5.27. The lowest BCUT2D eigenvalue weighted by atomic mass is 10.0. The number of likely N-dealkylation sites (N-methyl/N-ethyl adjacent to an activating group) is 1. The van der Waals surface area contributed by atoms with Crippen LogP contribution < -0.4 is 11.1 Å². The molecule has 1 aliphatic heterocycles. The van der Waals surface area contributed by atoms with Gasteiger partial charge >= 0.3 is 0 Å². The molecule has 2 amide bonds. The Morgan fingerprint density at radius 1 is 1.21 bits per heavy atom. The summed E-state index contributed by atoms with van der Waals surface area (Å²) in [4.78, 5) is 27.9. The summed E-state index contributed by atoms with van der Waals surface area (Å²) in [5, 5.41) is 3.19. The Labute approximate surface area is 180 Å². The molecule has 1 aromatic heterocycles. The number of anilines is 1. The molecule has 0 saturated heterocycles. The average Bonchev–Trinajstić information content (AvgIpc) is 2.98. The van der Waals surface area contributed by atoms with E-state index >= 15 is 0 Å². The third kappa shape index (κ3) is 4.62. The van der Waals surface area contributed by atoms with E-state index in [4.69, 9.17) is 5.73 Å². The zero-order chi connectivity index (χ0) is 20.6. The second-order valence-electron chi connectivity index (χ2n) is 6.83. The van der Waals surface area contributed by atoms with Gasteiger partial charge in [-0.2, -0.15) is 0 Å². The van der Waals surface area contributed by atoms with Crippen LogP contribution in [0.5, 0.6) is 0 Å². The van der Waals surface area contributed by atoms with Crippen LogP contribution in [0.25, 0.3) is 0 Å². The molecule has 0 saturated carbocycles. The SMILES string of the molecule is CN1CCc2c(sc(NC(=O)c3ccc(S(=O)(=O)N(C)C)cc3)c2C(N)=O)C1.Cl. The molecule has 0 bridgehead atoms.